The van der Waals surface area contributed by atoms with Crippen molar-refractivity contribution in [2.24, 2.45) is 5.92 Å². The predicted octanol–water partition coefficient (Wildman–Crippen LogP) is 2.98. The average Bonchev–Trinajstić information content (AvgIpc) is 3.11. The van der Waals surface area contributed by atoms with Crippen LogP contribution in [-0.2, 0) is 11.2 Å². The van der Waals surface area contributed by atoms with Gasteiger partial charge in [0.2, 0.25) is 17.6 Å². The lowest BCUT2D eigenvalue weighted by molar-refractivity contribution is -0.125. The van der Waals surface area contributed by atoms with Gasteiger partial charge in [0, 0.05) is 18.9 Å². The van der Waals surface area contributed by atoms with Crippen LogP contribution in [-0.4, -0.2) is 29.7 Å². The van der Waals surface area contributed by atoms with E-state index in [1.807, 2.05) is 24.3 Å². The highest BCUT2D eigenvalue weighted by Crippen LogP contribution is 2.27. The Morgan fingerprint density at radius 1 is 1.29 bits per heavy atom. The number of carbonyl (C=O) groups excluding carboxylic acids is 1. The summed E-state index contributed by atoms with van der Waals surface area (Å²) in [6.45, 7) is 0.517. The van der Waals surface area contributed by atoms with Crippen LogP contribution in [0.1, 0.15) is 38.0 Å². The van der Waals surface area contributed by atoms with E-state index in [4.69, 9.17) is 9.26 Å². The summed E-state index contributed by atoms with van der Waals surface area (Å²) < 4.78 is 10.6. The topological polar surface area (TPSA) is 77.3 Å². The minimum atomic E-state index is 0.152. The van der Waals surface area contributed by atoms with E-state index in [9.17, 15) is 4.79 Å². The molecule has 1 heterocycles. The molecule has 6 nitrogen and oxygen atoms in total. The van der Waals surface area contributed by atoms with Crippen molar-refractivity contribution in [3.05, 3.63) is 30.2 Å². The molecule has 0 radical (unpaired) electrons. The summed E-state index contributed by atoms with van der Waals surface area (Å²) in [5.41, 5.74) is 0.793. The third-order valence-corrected chi connectivity index (χ3v) is 4.43. The number of ether oxygens (including phenoxy) is 1. The fourth-order valence-corrected chi connectivity index (χ4v) is 3.10. The lowest BCUT2D eigenvalue weighted by Gasteiger charge is -2.20. The van der Waals surface area contributed by atoms with Gasteiger partial charge < -0.3 is 14.6 Å². The highest BCUT2D eigenvalue weighted by Gasteiger charge is 2.20. The second-order valence-corrected chi connectivity index (χ2v) is 6.09. The maximum absolute atomic E-state index is 12.1. The molecule has 1 saturated carbocycles. The zero-order valence-electron chi connectivity index (χ0n) is 14.0. The zero-order valence-corrected chi connectivity index (χ0v) is 14.0. The van der Waals surface area contributed by atoms with Crippen LogP contribution in [0.2, 0.25) is 0 Å². The lowest BCUT2D eigenvalue weighted by atomic mass is 9.89. The molecule has 1 amide bonds. The molecule has 6 heteroatoms. The summed E-state index contributed by atoms with van der Waals surface area (Å²) in [6, 6.07) is 7.54. The van der Waals surface area contributed by atoms with Crippen molar-refractivity contribution in [2.75, 3.05) is 13.7 Å². The van der Waals surface area contributed by atoms with E-state index in [0.29, 0.717) is 30.4 Å². The van der Waals surface area contributed by atoms with Gasteiger partial charge in [0.05, 0.1) is 12.7 Å². The first-order valence-electron chi connectivity index (χ1n) is 8.51. The molecule has 0 atom stereocenters. The quantitative estimate of drug-likeness (QED) is 0.881. The van der Waals surface area contributed by atoms with Gasteiger partial charge in [0.15, 0.2) is 0 Å². The van der Waals surface area contributed by atoms with Crippen molar-refractivity contribution in [1.29, 1.82) is 0 Å². The fraction of sp³-hybridized carbons (Fsp3) is 0.500. The van der Waals surface area contributed by atoms with Crippen molar-refractivity contribution in [3.63, 3.8) is 0 Å². The average molecular weight is 329 g/mol. The van der Waals surface area contributed by atoms with Crippen molar-refractivity contribution in [1.82, 2.24) is 15.5 Å². The Labute approximate surface area is 141 Å². The van der Waals surface area contributed by atoms with Crippen LogP contribution in [0.25, 0.3) is 11.4 Å². The minimum absolute atomic E-state index is 0.152. The Morgan fingerprint density at radius 2 is 2.08 bits per heavy atom. The van der Waals surface area contributed by atoms with E-state index >= 15 is 0 Å². The Kier molecular flexibility index (Phi) is 5.46. The Hall–Kier alpha value is -2.37. The first-order chi connectivity index (χ1) is 11.8. The molecular weight excluding hydrogens is 306 g/mol. The molecule has 1 aromatic heterocycles. The molecule has 1 N–H and O–H groups in total. The number of amides is 1. The molecule has 2 aromatic rings. The van der Waals surface area contributed by atoms with E-state index in [0.717, 1.165) is 31.2 Å². The van der Waals surface area contributed by atoms with Crippen LogP contribution in [0, 0.1) is 5.92 Å². The summed E-state index contributed by atoms with van der Waals surface area (Å²) in [6.07, 6.45) is 6.10. The maximum atomic E-state index is 12.1. The van der Waals surface area contributed by atoms with Gasteiger partial charge in [-0.1, -0.05) is 36.6 Å². The van der Waals surface area contributed by atoms with Gasteiger partial charge >= 0.3 is 0 Å². The standard InChI is InChI=1S/C18H23N3O3/c1-23-15-10-6-5-9-14(15)17-20-16(24-21-17)11-12-19-18(22)13-7-3-2-4-8-13/h5-6,9-10,13H,2-4,7-8,11-12H2,1H3,(H,19,22). The molecule has 0 saturated heterocycles. The summed E-state index contributed by atoms with van der Waals surface area (Å²) in [5, 5.41) is 6.98. The van der Waals surface area contributed by atoms with Crippen LogP contribution >= 0.6 is 0 Å². The third kappa shape index (κ3) is 3.93. The predicted molar refractivity (Wildman–Crippen MR) is 89.6 cm³/mol. The molecule has 1 aliphatic rings. The van der Waals surface area contributed by atoms with Crippen molar-refractivity contribution in [3.8, 4) is 17.1 Å². The van der Waals surface area contributed by atoms with E-state index in [1.165, 1.54) is 6.42 Å². The van der Waals surface area contributed by atoms with Crippen LogP contribution in [0.15, 0.2) is 28.8 Å². The van der Waals surface area contributed by atoms with Gasteiger partial charge in [-0.25, -0.2) is 0 Å². The van der Waals surface area contributed by atoms with Gasteiger partial charge in [-0.15, -0.1) is 0 Å². The van der Waals surface area contributed by atoms with Crippen LogP contribution in [0.3, 0.4) is 0 Å². The maximum Gasteiger partial charge on any atom is 0.228 e. The first-order valence-corrected chi connectivity index (χ1v) is 8.51. The number of methoxy groups -OCH3 is 1. The summed E-state index contributed by atoms with van der Waals surface area (Å²) in [4.78, 5) is 16.5. The highest BCUT2D eigenvalue weighted by atomic mass is 16.5. The molecule has 24 heavy (non-hydrogen) atoms. The monoisotopic (exact) mass is 329 g/mol. The number of hydrogen-bond acceptors (Lipinski definition) is 5. The molecule has 3 rings (SSSR count). The number of aromatic nitrogens is 2. The van der Waals surface area contributed by atoms with E-state index in [-0.39, 0.29) is 11.8 Å². The van der Waals surface area contributed by atoms with E-state index < -0.39 is 0 Å². The molecule has 0 aliphatic heterocycles. The van der Waals surface area contributed by atoms with Crippen molar-refractivity contribution < 1.29 is 14.1 Å². The molecule has 1 fully saturated rings. The second kappa shape index (κ2) is 7.95. The molecule has 1 aliphatic carbocycles. The molecule has 0 unspecified atom stereocenters. The summed E-state index contributed by atoms with van der Waals surface area (Å²) in [7, 11) is 1.61. The lowest BCUT2D eigenvalue weighted by Crippen LogP contribution is -2.33. The van der Waals surface area contributed by atoms with Crippen LogP contribution in [0.5, 0.6) is 5.75 Å². The number of benzene rings is 1. The Bertz CT molecular complexity index is 678. The molecule has 128 valence electrons. The van der Waals surface area contributed by atoms with Crippen molar-refractivity contribution >= 4 is 5.91 Å². The normalized spacial score (nSPS) is 15.2. The van der Waals surface area contributed by atoms with Gasteiger partial charge in [-0.3, -0.25) is 4.79 Å². The number of nitrogens with one attached hydrogen (secondary N) is 1. The summed E-state index contributed by atoms with van der Waals surface area (Å²) >= 11 is 0. The number of para-hydroxylation sites is 1. The number of nitrogens with zero attached hydrogens (tertiary/aromatic N) is 2. The third-order valence-electron chi connectivity index (χ3n) is 4.43. The van der Waals surface area contributed by atoms with Crippen molar-refractivity contribution in [2.45, 2.75) is 38.5 Å². The Balaban J connectivity index is 1.53. The number of carbonyl (C=O) groups is 1. The summed E-state index contributed by atoms with van der Waals surface area (Å²) in [5.74, 6) is 2.04. The first kappa shape index (κ1) is 16.5. The highest BCUT2D eigenvalue weighted by molar-refractivity contribution is 5.78. The van der Waals surface area contributed by atoms with E-state index in [2.05, 4.69) is 15.5 Å². The molecule has 1 aromatic carbocycles. The molecule has 0 spiro atoms. The van der Waals surface area contributed by atoms with Crippen LogP contribution < -0.4 is 10.1 Å². The number of hydrogen-bond donors (Lipinski definition) is 1. The smallest absolute Gasteiger partial charge is 0.228 e. The van der Waals surface area contributed by atoms with Gasteiger partial charge in [0.25, 0.3) is 0 Å². The van der Waals surface area contributed by atoms with E-state index in [1.54, 1.807) is 7.11 Å². The minimum Gasteiger partial charge on any atom is -0.496 e. The second-order valence-electron chi connectivity index (χ2n) is 6.09. The van der Waals surface area contributed by atoms with Crippen LogP contribution in [0.4, 0.5) is 0 Å². The van der Waals surface area contributed by atoms with Gasteiger partial charge in [-0.05, 0) is 25.0 Å². The zero-order chi connectivity index (χ0) is 16.8. The SMILES string of the molecule is COc1ccccc1-c1noc(CCNC(=O)C2CCCCC2)n1. The molecular formula is C18H23N3O3. The Morgan fingerprint density at radius 3 is 2.88 bits per heavy atom. The number of rotatable bonds is 6. The fourth-order valence-electron chi connectivity index (χ4n) is 3.10. The van der Waals surface area contributed by atoms with Gasteiger partial charge in [0.1, 0.15) is 5.75 Å². The van der Waals surface area contributed by atoms with Gasteiger partial charge in [-0.2, -0.15) is 4.98 Å². The largest absolute Gasteiger partial charge is 0.496 e. The molecule has 0 bridgehead atoms.